The molecule has 1 atom stereocenters. The Morgan fingerprint density at radius 2 is 1.62 bits per heavy atom. The fourth-order valence-electron chi connectivity index (χ4n) is 1.88. The van der Waals surface area contributed by atoms with E-state index in [1.807, 2.05) is 30.3 Å². The van der Waals surface area contributed by atoms with Gasteiger partial charge < -0.3 is 10.2 Å². The quantitative estimate of drug-likeness (QED) is 0.888. The van der Waals surface area contributed by atoms with Crippen LogP contribution >= 0.6 is 0 Å². The van der Waals surface area contributed by atoms with Crippen molar-refractivity contribution in [3.8, 4) is 5.75 Å². The van der Waals surface area contributed by atoms with Gasteiger partial charge in [0.1, 0.15) is 10.6 Å². The molecule has 0 bridgehead atoms. The lowest BCUT2D eigenvalue weighted by molar-refractivity contribution is 0.247. The monoisotopic (exact) mass is 304 g/mol. The summed E-state index contributed by atoms with van der Waals surface area (Å²) >= 11 is 0. The van der Waals surface area contributed by atoms with Crippen LogP contribution in [0.3, 0.4) is 0 Å². The number of rotatable bonds is 5. The number of phenols is 1. The summed E-state index contributed by atoms with van der Waals surface area (Å²) in [7, 11) is -3.75. The molecule has 0 saturated heterocycles. The Labute approximate surface area is 123 Å². The molecular weight excluding hydrogens is 288 g/mol. The molecule has 1 unspecified atom stereocenters. The number of para-hydroxylation sites is 1. The number of hydrogen-bond donors (Lipinski definition) is 2. The van der Waals surface area contributed by atoms with Crippen LogP contribution in [-0.2, 0) is 9.84 Å². The van der Waals surface area contributed by atoms with Crippen molar-refractivity contribution in [1.29, 1.82) is 0 Å². The molecule has 0 aliphatic heterocycles. The van der Waals surface area contributed by atoms with Crippen LogP contribution in [-0.4, -0.2) is 30.5 Å². The number of aliphatic hydroxyl groups is 1. The SMILES string of the molecule is O=S(=O)(CC(O)/C=C/c1ccccc1)c1ccccc1O. The van der Waals surface area contributed by atoms with Gasteiger partial charge in [-0.15, -0.1) is 0 Å². The summed E-state index contributed by atoms with van der Waals surface area (Å²) in [6.07, 6.45) is 1.94. The maximum Gasteiger partial charge on any atom is 0.184 e. The van der Waals surface area contributed by atoms with E-state index >= 15 is 0 Å². The molecule has 2 aromatic carbocycles. The van der Waals surface area contributed by atoms with Crippen molar-refractivity contribution in [3.05, 3.63) is 66.2 Å². The Morgan fingerprint density at radius 3 is 2.29 bits per heavy atom. The average molecular weight is 304 g/mol. The molecule has 21 heavy (non-hydrogen) atoms. The van der Waals surface area contributed by atoms with Crippen LogP contribution in [0.15, 0.2) is 65.6 Å². The van der Waals surface area contributed by atoms with E-state index < -0.39 is 21.7 Å². The van der Waals surface area contributed by atoms with Gasteiger partial charge in [-0.25, -0.2) is 8.42 Å². The Kier molecular flexibility index (Phi) is 4.77. The summed E-state index contributed by atoms with van der Waals surface area (Å²) in [5.41, 5.74) is 0.872. The molecule has 0 heterocycles. The molecule has 110 valence electrons. The topological polar surface area (TPSA) is 74.6 Å². The molecule has 0 aliphatic rings. The van der Waals surface area contributed by atoms with E-state index in [1.54, 1.807) is 12.1 Å². The minimum atomic E-state index is -3.75. The average Bonchev–Trinajstić information content (AvgIpc) is 2.46. The lowest BCUT2D eigenvalue weighted by Gasteiger charge is -2.09. The number of aromatic hydroxyl groups is 1. The maximum absolute atomic E-state index is 12.1. The number of phenolic OH excluding ortho intramolecular Hbond substituents is 1. The minimum absolute atomic E-state index is 0.169. The summed E-state index contributed by atoms with van der Waals surface area (Å²) in [6, 6.07) is 15.0. The standard InChI is InChI=1S/C16H16O4S/c17-14(11-10-13-6-2-1-3-7-13)12-21(19,20)16-9-5-4-8-15(16)18/h1-11,14,17-18H,12H2/b11-10+. The molecule has 0 aromatic heterocycles. The van der Waals surface area contributed by atoms with Gasteiger partial charge in [-0.3, -0.25) is 0 Å². The predicted molar refractivity (Wildman–Crippen MR) is 81.6 cm³/mol. The van der Waals surface area contributed by atoms with Crippen molar-refractivity contribution in [2.75, 3.05) is 5.75 Å². The van der Waals surface area contributed by atoms with Gasteiger partial charge in [-0.2, -0.15) is 0 Å². The van der Waals surface area contributed by atoms with E-state index in [4.69, 9.17) is 0 Å². The number of hydrogen-bond acceptors (Lipinski definition) is 4. The third-order valence-electron chi connectivity index (χ3n) is 2.90. The highest BCUT2D eigenvalue weighted by atomic mass is 32.2. The summed E-state index contributed by atoms with van der Waals surface area (Å²) < 4.78 is 24.2. The van der Waals surface area contributed by atoms with Gasteiger partial charge in [0.15, 0.2) is 9.84 Å². The zero-order chi connectivity index (χ0) is 15.3. The first kappa shape index (κ1) is 15.3. The molecule has 5 heteroatoms. The molecule has 2 aromatic rings. The second kappa shape index (κ2) is 6.56. The molecular formula is C16H16O4S. The van der Waals surface area contributed by atoms with Crippen molar-refractivity contribution in [2.24, 2.45) is 0 Å². The third kappa shape index (κ3) is 4.18. The van der Waals surface area contributed by atoms with Gasteiger partial charge in [-0.05, 0) is 17.7 Å². The normalized spacial score (nSPS) is 13.4. The molecule has 0 fully saturated rings. The predicted octanol–water partition coefficient (Wildman–Crippen LogP) is 2.24. The van der Waals surface area contributed by atoms with Crippen LogP contribution in [0.5, 0.6) is 5.75 Å². The fraction of sp³-hybridized carbons (Fsp3) is 0.125. The Bertz CT molecular complexity index is 721. The minimum Gasteiger partial charge on any atom is -0.507 e. The molecule has 2 N–H and O–H groups in total. The van der Waals surface area contributed by atoms with E-state index in [1.165, 1.54) is 24.3 Å². The van der Waals surface area contributed by atoms with Crippen molar-refractivity contribution < 1.29 is 18.6 Å². The summed E-state index contributed by atoms with van der Waals surface area (Å²) in [4.78, 5) is -0.169. The summed E-state index contributed by atoms with van der Waals surface area (Å²) in [5, 5.41) is 19.4. The van der Waals surface area contributed by atoms with Crippen LogP contribution < -0.4 is 0 Å². The lowest BCUT2D eigenvalue weighted by atomic mass is 10.2. The summed E-state index contributed by atoms with van der Waals surface area (Å²) in [6.45, 7) is 0. The second-order valence-corrected chi connectivity index (χ2v) is 6.59. The van der Waals surface area contributed by atoms with E-state index in [9.17, 15) is 18.6 Å². The van der Waals surface area contributed by atoms with Crippen molar-refractivity contribution in [1.82, 2.24) is 0 Å². The van der Waals surface area contributed by atoms with Gasteiger partial charge in [0.2, 0.25) is 0 Å². The van der Waals surface area contributed by atoms with Crippen LogP contribution in [0.2, 0.25) is 0 Å². The van der Waals surface area contributed by atoms with Gasteiger partial charge in [0, 0.05) is 0 Å². The zero-order valence-corrected chi connectivity index (χ0v) is 12.1. The van der Waals surface area contributed by atoms with Gasteiger partial charge >= 0.3 is 0 Å². The first-order chi connectivity index (χ1) is 9.99. The molecule has 4 nitrogen and oxygen atoms in total. The highest BCUT2D eigenvalue weighted by molar-refractivity contribution is 7.91. The molecule has 0 saturated carbocycles. The molecule has 0 radical (unpaired) electrons. The number of aliphatic hydroxyl groups excluding tert-OH is 1. The van der Waals surface area contributed by atoms with E-state index in [0.717, 1.165) is 5.56 Å². The van der Waals surface area contributed by atoms with Crippen LogP contribution in [0.4, 0.5) is 0 Å². The highest BCUT2D eigenvalue weighted by Gasteiger charge is 2.21. The third-order valence-corrected chi connectivity index (χ3v) is 4.70. The van der Waals surface area contributed by atoms with E-state index in [2.05, 4.69) is 0 Å². The highest BCUT2D eigenvalue weighted by Crippen LogP contribution is 2.23. The van der Waals surface area contributed by atoms with Crippen LogP contribution in [0, 0.1) is 0 Å². The molecule has 0 spiro atoms. The number of benzene rings is 2. The Morgan fingerprint density at radius 1 is 1.00 bits per heavy atom. The Hall–Kier alpha value is -2.11. The lowest BCUT2D eigenvalue weighted by Crippen LogP contribution is -2.19. The Balaban J connectivity index is 2.10. The zero-order valence-electron chi connectivity index (χ0n) is 11.3. The molecule has 0 aliphatic carbocycles. The number of sulfone groups is 1. The largest absolute Gasteiger partial charge is 0.507 e. The van der Waals surface area contributed by atoms with Crippen LogP contribution in [0.1, 0.15) is 5.56 Å². The molecule has 0 amide bonds. The second-order valence-electron chi connectivity index (χ2n) is 4.59. The van der Waals surface area contributed by atoms with Gasteiger partial charge in [0.25, 0.3) is 0 Å². The smallest absolute Gasteiger partial charge is 0.184 e. The summed E-state index contributed by atoms with van der Waals surface area (Å²) in [5.74, 6) is -0.787. The van der Waals surface area contributed by atoms with Gasteiger partial charge in [0.05, 0.1) is 11.9 Å². The van der Waals surface area contributed by atoms with Crippen LogP contribution in [0.25, 0.3) is 6.08 Å². The fourth-order valence-corrected chi connectivity index (χ4v) is 3.29. The van der Waals surface area contributed by atoms with Crippen molar-refractivity contribution in [3.63, 3.8) is 0 Å². The van der Waals surface area contributed by atoms with E-state index in [-0.39, 0.29) is 10.6 Å². The first-order valence-electron chi connectivity index (χ1n) is 6.41. The van der Waals surface area contributed by atoms with Crippen molar-refractivity contribution >= 4 is 15.9 Å². The first-order valence-corrected chi connectivity index (χ1v) is 8.06. The van der Waals surface area contributed by atoms with Crippen molar-refractivity contribution in [2.45, 2.75) is 11.0 Å². The van der Waals surface area contributed by atoms with E-state index in [0.29, 0.717) is 0 Å². The van der Waals surface area contributed by atoms with Gasteiger partial charge in [-0.1, -0.05) is 54.6 Å². The maximum atomic E-state index is 12.1. The molecule has 2 rings (SSSR count).